The number of anilines is 1. The minimum atomic E-state index is -1.21. The maximum absolute atomic E-state index is 13.0. The number of carbonyl (C=O) groups is 3. The van der Waals surface area contributed by atoms with Crippen molar-refractivity contribution in [1.82, 2.24) is 5.48 Å². The van der Waals surface area contributed by atoms with Crippen LogP contribution >= 0.6 is 0 Å². The van der Waals surface area contributed by atoms with Crippen LogP contribution in [0.3, 0.4) is 0 Å². The van der Waals surface area contributed by atoms with Crippen LogP contribution in [0.1, 0.15) is 6.92 Å². The molecule has 0 bridgehead atoms. The molecule has 1 atom stereocenters. The molecule has 7 nitrogen and oxygen atoms in total. The molecule has 3 rings (SSSR count). The second-order valence-corrected chi connectivity index (χ2v) is 4.56. The average Bonchev–Trinajstić information content (AvgIpc) is 3.03. The molecule has 0 aliphatic carbocycles. The van der Waals surface area contributed by atoms with Crippen molar-refractivity contribution in [2.45, 2.75) is 13.0 Å². The number of nitrogens with one attached hydrogen (secondary N) is 1. The monoisotopic (exact) mass is 306 g/mol. The number of ether oxygens (including phenoxy) is 1. The molecule has 22 heavy (non-hydrogen) atoms. The van der Waals surface area contributed by atoms with Crippen LogP contribution in [0.2, 0.25) is 0 Å². The van der Waals surface area contributed by atoms with Gasteiger partial charge in [-0.1, -0.05) is 0 Å². The summed E-state index contributed by atoms with van der Waals surface area (Å²) in [5, 5.41) is 0. The summed E-state index contributed by atoms with van der Waals surface area (Å²) in [5.41, 5.74) is 2.17. The van der Waals surface area contributed by atoms with E-state index in [0.717, 1.165) is 17.0 Å². The van der Waals surface area contributed by atoms with Crippen molar-refractivity contribution in [2.75, 3.05) is 11.5 Å². The van der Waals surface area contributed by atoms with E-state index in [1.165, 1.54) is 12.1 Å². The number of carbonyl (C=O) groups excluding carboxylic acids is 3. The SMILES string of the molecule is CCOC(=O)C1=C2C(=O)N(c3ccc(F)cc3)C(=O)C2ON1. The number of benzene rings is 1. The highest BCUT2D eigenvalue weighted by Gasteiger charge is 2.52. The molecule has 1 saturated heterocycles. The number of amides is 2. The zero-order valence-corrected chi connectivity index (χ0v) is 11.5. The summed E-state index contributed by atoms with van der Waals surface area (Å²) in [5.74, 6) is -2.62. The number of hydrogen-bond acceptors (Lipinski definition) is 6. The van der Waals surface area contributed by atoms with Gasteiger partial charge in [-0.05, 0) is 31.2 Å². The number of nitrogens with zero attached hydrogens (tertiary/aromatic N) is 1. The van der Waals surface area contributed by atoms with Crippen molar-refractivity contribution in [3.63, 3.8) is 0 Å². The van der Waals surface area contributed by atoms with E-state index in [0.29, 0.717) is 0 Å². The Labute approximate surface area is 124 Å². The Balaban J connectivity index is 1.99. The van der Waals surface area contributed by atoms with Gasteiger partial charge in [-0.15, -0.1) is 0 Å². The second-order valence-electron chi connectivity index (χ2n) is 4.56. The summed E-state index contributed by atoms with van der Waals surface area (Å²) in [6.07, 6.45) is -1.21. The molecule has 1 aromatic rings. The molecule has 0 radical (unpaired) electrons. The molecule has 0 spiro atoms. The lowest BCUT2D eigenvalue weighted by molar-refractivity contribution is -0.141. The van der Waals surface area contributed by atoms with Crippen LogP contribution < -0.4 is 10.4 Å². The lowest BCUT2D eigenvalue weighted by atomic mass is 10.1. The first-order valence-electron chi connectivity index (χ1n) is 6.51. The summed E-state index contributed by atoms with van der Waals surface area (Å²) >= 11 is 0. The third-order valence-corrected chi connectivity index (χ3v) is 3.25. The minimum absolute atomic E-state index is 0.104. The Morgan fingerprint density at radius 3 is 2.68 bits per heavy atom. The molecular formula is C14H11FN2O5. The average molecular weight is 306 g/mol. The van der Waals surface area contributed by atoms with Gasteiger partial charge >= 0.3 is 5.97 Å². The zero-order valence-electron chi connectivity index (χ0n) is 11.5. The summed E-state index contributed by atoms with van der Waals surface area (Å²) in [6, 6.07) is 4.85. The first-order valence-corrected chi connectivity index (χ1v) is 6.51. The highest BCUT2D eigenvalue weighted by molar-refractivity contribution is 6.32. The molecule has 2 aliphatic rings. The van der Waals surface area contributed by atoms with Gasteiger partial charge in [-0.3, -0.25) is 19.9 Å². The van der Waals surface area contributed by atoms with Crippen LogP contribution in [0.5, 0.6) is 0 Å². The largest absolute Gasteiger partial charge is 0.461 e. The third kappa shape index (κ3) is 2.04. The Bertz CT molecular complexity index is 698. The van der Waals surface area contributed by atoms with Crippen molar-refractivity contribution < 1.29 is 28.3 Å². The molecule has 0 aromatic heterocycles. The molecule has 0 saturated carbocycles. The van der Waals surface area contributed by atoms with Crippen LogP contribution in [0.15, 0.2) is 35.5 Å². The topological polar surface area (TPSA) is 84.9 Å². The van der Waals surface area contributed by atoms with Gasteiger partial charge < -0.3 is 4.74 Å². The second kappa shape index (κ2) is 5.23. The first kappa shape index (κ1) is 14.2. The maximum atomic E-state index is 13.0. The van der Waals surface area contributed by atoms with Gasteiger partial charge in [0.25, 0.3) is 11.8 Å². The Morgan fingerprint density at radius 2 is 2.05 bits per heavy atom. The van der Waals surface area contributed by atoms with Gasteiger partial charge in [0.05, 0.1) is 17.9 Å². The van der Waals surface area contributed by atoms with Gasteiger partial charge in [-0.2, -0.15) is 0 Å². The lowest BCUT2D eigenvalue weighted by Gasteiger charge is -2.15. The summed E-state index contributed by atoms with van der Waals surface area (Å²) in [4.78, 5) is 42.3. The fourth-order valence-electron chi connectivity index (χ4n) is 2.28. The molecule has 2 amide bonds. The molecule has 2 heterocycles. The van der Waals surface area contributed by atoms with Crippen LogP contribution in [-0.2, 0) is 24.0 Å². The van der Waals surface area contributed by atoms with Crippen LogP contribution in [0, 0.1) is 5.82 Å². The van der Waals surface area contributed by atoms with E-state index in [1.54, 1.807) is 6.92 Å². The smallest absolute Gasteiger partial charge is 0.357 e. The minimum Gasteiger partial charge on any atom is -0.461 e. The summed E-state index contributed by atoms with van der Waals surface area (Å²) in [7, 11) is 0. The number of hydroxylamine groups is 1. The molecule has 1 aromatic carbocycles. The molecule has 8 heteroatoms. The molecule has 1 unspecified atom stereocenters. The molecule has 1 N–H and O–H groups in total. The third-order valence-electron chi connectivity index (χ3n) is 3.25. The van der Waals surface area contributed by atoms with E-state index in [-0.39, 0.29) is 23.6 Å². The molecule has 114 valence electrons. The van der Waals surface area contributed by atoms with E-state index in [4.69, 9.17) is 9.57 Å². The number of imide groups is 1. The number of halogens is 1. The fraction of sp³-hybridized carbons (Fsp3) is 0.214. The van der Waals surface area contributed by atoms with E-state index >= 15 is 0 Å². The number of esters is 1. The fourth-order valence-corrected chi connectivity index (χ4v) is 2.28. The van der Waals surface area contributed by atoms with Crippen molar-refractivity contribution in [3.05, 3.63) is 41.4 Å². The van der Waals surface area contributed by atoms with Crippen molar-refractivity contribution in [2.24, 2.45) is 0 Å². The van der Waals surface area contributed by atoms with Crippen LogP contribution in [0.25, 0.3) is 0 Å². The van der Waals surface area contributed by atoms with E-state index < -0.39 is 29.7 Å². The van der Waals surface area contributed by atoms with Crippen molar-refractivity contribution in [1.29, 1.82) is 0 Å². The van der Waals surface area contributed by atoms with Crippen LogP contribution in [0.4, 0.5) is 10.1 Å². The number of rotatable bonds is 3. The predicted molar refractivity (Wildman–Crippen MR) is 70.6 cm³/mol. The Morgan fingerprint density at radius 1 is 1.36 bits per heavy atom. The molecule has 1 fully saturated rings. The van der Waals surface area contributed by atoms with Gasteiger partial charge in [0.2, 0.25) is 0 Å². The maximum Gasteiger partial charge on any atom is 0.357 e. The van der Waals surface area contributed by atoms with Crippen LogP contribution in [-0.4, -0.2) is 30.5 Å². The van der Waals surface area contributed by atoms with Crippen molar-refractivity contribution >= 4 is 23.5 Å². The highest BCUT2D eigenvalue weighted by atomic mass is 19.1. The standard InChI is InChI=1S/C14H11FN2O5/c1-2-21-14(20)10-9-11(22-16-10)13(19)17(12(9)18)8-5-3-7(15)4-6-8/h3-6,11,16H,2H2,1H3. The van der Waals surface area contributed by atoms with Gasteiger partial charge in [0, 0.05) is 0 Å². The highest BCUT2D eigenvalue weighted by Crippen LogP contribution is 2.32. The predicted octanol–water partition coefficient (Wildman–Crippen LogP) is 0.420. The van der Waals surface area contributed by atoms with Crippen molar-refractivity contribution in [3.8, 4) is 0 Å². The Hall–Kier alpha value is -2.74. The van der Waals surface area contributed by atoms with E-state index in [2.05, 4.69) is 5.48 Å². The van der Waals surface area contributed by atoms with E-state index in [9.17, 15) is 18.8 Å². The Kier molecular flexibility index (Phi) is 3.38. The summed E-state index contributed by atoms with van der Waals surface area (Å²) in [6.45, 7) is 1.73. The van der Waals surface area contributed by atoms with E-state index in [1.807, 2.05) is 0 Å². The van der Waals surface area contributed by atoms with Gasteiger partial charge in [0.15, 0.2) is 11.8 Å². The molecular weight excluding hydrogens is 295 g/mol. The first-order chi connectivity index (χ1) is 10.5. The molecule has 2 aliphatic heterocycles. The number of fused-ring (bicyclic) bond motifs is 1. The zero-order chi connectivity index (χ0) is 15.9. The van der Waals surface area contributed by atoms with Gasteiger partial charge in [-0.25, -0.2) is 14.1 Å². The van der Waals surface area contributed by atoms with Gasteiger partial charge in [0.1, 0.15) is 5.82 Å². The summed E-state index contributed by atoms with van der Waals surface area (Å²) < 4.78 is 17.8. The number of hydrogen-bond donors (Lipinski definition) is 1. The quantitative estimate of drug-likeness (QED) is 0.643. The lowest BCUT2D eigenvalue weighted by Crippen LogP contribution is -2.35. The normalized spacial score (nSPS) is 20.3.